The zero-order valence-corrected chi connectivity index (χ0v) is 12.8. The summed E-state index contributed by atoms with van der Waals surface area (Å²) in [5.41, 5.74) is 0.422. The predicted molar refractivity (Wildman–Crippen MR) is 79.6 cm³/mol. The molecular weight excluding hydrogens is 270 g/mol. The molecule has 0 fully saturated rings. The molecule has 5 nitrogen and oxygen atoms in total. The Balaban J connectivity index is 2.35. The summed E-state index contributed by atoms with van der Waals surface area (Å²) in [5.74, 6) is -0.877. The van der Waals surface area contributed by atoms with E-state index in [4.69, 9.17) is 9.84 Å². The van der Waals surface area contributed by atoms with Crippen LogP contribution >= 0.6 is 0 Å². The Morgan fingerprint density at radius 3 is 2.52 bits per heavy atom. The number of amides is 1. The summed E-state index contributed by atoms with van der Waals surface area (Å²) in [6, 6.07) is 7.40. The Kier molecular flexibility index (Phi) is 3.70. The minimum atomic E-state index is -0.877. The van der Waals surface area contributed by atoms with Gasteiger partial charge >= 0.3 is 12.1 Å². The second kappa shape index (κ2) is 5.06. The molecule has 0 unspecified atom stereocenters. The number of ether oxygens (including phenoxy) is 1. The molecule has 0 bridgehead atoms. The van der Waals surface area contributed by atoms with Crippen LogP contribution in [0.15, 0.2) is 24.3 Å². The Morgan fingerprint density at radius 1 is 1.33 bits per heavy atom. The lowest BCUT2D eigenvalue weighted by atomic mass is 9.81. The fourth-order valence-electron chi connectivity index (χ4n) is 2.70. The van der Waals surface area contributed by atoms with E-state index in [0.717, 1.165) is 11.3 Å². The van der Waals surface area contributed by atoms with Crippen LogP contribution in [0.2, 0.25) is 0 Å². The van der Waals surface area contributed by atoms with Gasteiger partial charge in [-0.2, -0.15) is 0 Å². The van der Waals surface area contributed by atoms with E-state index in [1.54, 1.807) is 0 Å². The highest BCUT2D eigenvalue weighted by Gasteiger charge is 2.43. The first kappa shape index (κ1) is 15.4. The van der Waals surface area contributed by atoms with Gasteiger partial charge in [-0.3, -0.25) is 9.69 Å². The number of carbonyl (C=O) groups excluding carboxylic acids is 1. The number of carboxylic acid groups (broad SMARTS) is 1. The Bertz CT molecular complexity index is 576. The van der Waals surface area contributed by atoms with E-state index >= 15 is 0 Å². The van der Waals surface area contributed by atoms with Gasteiger partial charge in [-0.15, -0.1) is 0 Å². The Hall–Kier alpha value is -2.04. The minimum Gasteiger partial charge on any atom is -0.481 e. The van der Waals surface area contributed by atoms with E-state index < -0.39 is 23.1 Å². The van der Waals surface area contributed by atoms with Gasteiger partial charge in [0.15, 0.2) is 0 Å². The molecule has 5 heteroatoms. The number of para-hydroxylation sites is 1. The van der Waals surface area contributed by atoms with Crippen LogP contribution in [0.1, 0.15) is 39.7 Å². The van der Waals surface area contributed by atoms with Crippen molar-refractivity contribution in [3.63, 3.8) is 0 Å². The normalized spacial score (nSPS) is 21.0. The van der Waals surface area contributed by atoms with Gasteiger partial charge in [0.2, 0.25) is 0 Å². The second-order valence-electron chi connectivity index (χ2n) is 6.71. The van der Waals surface area contributed by atoms with Crippen molar-refractivity contribution in [1.29, 1.82) is 0 Å². The number of carbonyl (C=O) groups is 2. The summed E-state index contributed by atoms with van der Waals surface area (Å²) in [6.07, 6.45) is -0.465. The third-order valence-corrected chi connectivity index (χ3v) is 3.51. The smallest absolute Gasteiger partial charge is 0.414 e. The molecule has 0 aromatic heterocycles. The summed E-state index contributed by atoms with van der Waals surface area (Å²) in [7, 11) is 0. The number of benzene rings is 1. The van der Waals surface area contributed by atoms with Gasteiger partial charge in [-0.05, 0) is 32.4 Å². The van der Waals surface area contributed by atoms with Crippen LogP contribution < -0.4 is 4.90 Å². The summed E-state index contributed by atoms with van der Waals surface area (Å²) >= 11 is 0. The van der Waals surface area contributed by atoms with Gasteiger partial charge in [0, 0.05) is 12.0 Å². The van der Waals surface area contributed by atoms with Crippen LogP contribution in [0, 0.1) is 0 Å². The van der Waals surface area contributed by atoms with Crippen LogP contribution in [0.5, 0.6) is 0 Å². The first-order valence-corrected chi connectivity index (χ1v) is 6.94. The summed E-state index contributed by atoms with van der Waals surface area (Å²) in [6.45, 7) is 7.61. The van der Waals surface area contributed by atoms with Crippen LogP contribution in [0.3, 0.4) is 0 Å². The molecule has 1 aliphatic heterocycles. The molecule has 114 valence electrons. The molecule has 1 atom stereocenters. The van der Waals surface area contributed by atoms with Crippen molar-refractivity contribution in [1.82, 2.24) is 0 Å². The van der Waals surface area contributed by atoms with Gasteiger partial charge in [0.05, 0.1) is 12.1 Å². The number of rotatable bonds is 2. The number of hydrogen-bond acceptors (Lipinski definition) is 3. The molecule has 1 aromatic rings. The zero-order valence-electron chi connectivity index (χ0n) is 12.8. The predicted octanol–water partition coefficient (Wildman–Crippen LogP) is 3.17. The van der Waals surface area contributed by atoms with Crippen LogP contribution in [0.4, 0.5) is 10.5 Å². The van der Waals surface area contributed by atoms with Crippen LogP contribution in [0.25, 0.3) is 0 Å². The summed E-state index contributed by atoms with van der Waals surface area (Å²) in [4.78, 5) is 25.0. The van der Waals surface area contributed by atoms with Crippen molar-refractivity contribution in [2.75, 3.05) is 11.4 Å². The van der Waals surface area contributed by atoms with E-state index in [2.05, 4.69) is 0 Å². The van der Waals surface area contributed by atoms with Crippen molar-refractivity contribution >= 4 is 17.7 Å². The Labute approximate surface area is 124 Å². The van der Waals surface area contributed by atoms with Gasteiger partial charge in [-0.25, -0.2) is 4.79 Å². The van der Waals surface area contributed by atoms with E-state index in [0.29, 0.717) is 6.54 Å². The maximum Gasteiger partial charge on any atom is 0.414 e. The van der Waals surface area contributed by atoms with Crippen molar-refractivity contribution in [3.8, 4) is 0 Å². The van der Waals surface area contributed by atoms with E-state index in [-0.39, 0.29) is 6.42 Å². The fourth-order valence-corrected chi connectivity index (χ4v) is 2.70. The summed E-state index contributed by atoms with van der Waals surface area (Å²) < 4.78 is 5.42. The van der Waals surface area contributed by atoms with Gasteiger partial charge in [0.25, 0.3) is 0 Å². The SMILES string of the molecule is CC(C)(C)OC(=O)N1C[C@](C)(CC(=O)O)c2ccccc21. The minimum absolute atomic E-state index is 0.0245. The number of nitrogens with zero attached hydrogens (tertiary/aromatic N) is 1. The maximum absolute atomic E-state index is 12.4. The van der Waals surface area contributed by atoms with Gasteiger partial charge < -0.3 is 9.84 Å². The topological polar surface area (TPSA) is 66.8 Å². The van der Waals surface area contributed by atoms with Crippen molar-refractivity contribution in [2.24, 2.45) is 0 Å². The molecule has 1 aliphatic rings. The number of aliphatic carboxylic acids is 1. The molecule has 1 heterocycles. The lowest BCUT2D eigenvalue weighted by Crippen LogP contribution is -2.39. The van der Waals surface area contributed by atoms with Gasteiger partial charge in [0.1, 0.15) is 5.60 Å². The first-order valence-electron chi connectivity index (χ1n) is 6.94. The lowest BCUT2D eigenvalue weighted by Gasteiger charge is -2.26. The largest absolute Gasteiger partial charge is 0.481 e. The van der Waals surface area contributed by atoms with Gasteiger partial charge in [-0.1, -0.05) is 25.1 Å². The molecule has 1 amide bonds. The summed E-state index contributed by atoms with van der Waals surface area (Å²) in [5, 5.41) is 9.14. The standard InChI is InChI=1S/C16H21NO4/c1-15(2,3)21-14(20)17-10-16(4,9-13(18)19)11-7-5-6-8-12(11)17/h5-8H,9-10H2,1-4H3,(H,18,19)/t16-/m0/s1. The third-order valence-electron chi connectivity index (χ3n) is 3.51. The number of fused-ring (bicyclic) bond motifs is 1. The molecule has 1 aromatic carbocycles. The zero-order chi connectivity index (χ0) is 15.8. The van der Waals surface area contributed by atoms with Crippen LogP contribution in [-0.2, 0) is 14.9 Å². The Morgan fingerprint density at radius 2 is 1.95 bits per heavy atom. The van der Waals surface area contributed by atoms with E-state index in [1.807, 2.05) is 52.0 Å². The second-order valence-corrected chi connectivity index (χ2v) is 6.71. The molecular formula is C16H21NO4. The molecule has 0 saturated carbocycles. The third kappa shape index (κ3) is 3.17. The van der Waals surface area contributed by atoms with Crippen molar-refractivity contribution < 1.29 is 19.4 Å². The quantitative estimate of drug-likeness (QED) is 0.908. The monoisotopic (exact) mass is 291 g/mol. The molecule has 0 radical (unpaired) electrons. The lowest BCUT2D eigenvalue weighted by molar-refractivity contribution is -0.138. The fraction of sp³-hybridized carbons (Fsp3) is 0.500. The molecule has 0 spiro atoms. The maximum atomic E-state index is 12.4. The number of hydrogen-bond donors (Lipinski definition) is 1. The molecule has 1 N–H and O–H groups in total. The highest BCUT2D eigenvalue weighted by Crippen LogP contribution is 2.43. The number of carboxylic acids is 1. The molecule has 0 saturated heterocycles. The average molecular weight is 291 g/mol. The molecule has 0 aliphatic carbocycles. The first-order chi connectivity index (χ1) is 9.62. The molecule has 21 heavy (non-hydrogen) atoms. The van der Waals surface area contributed by atoms with Crippen LogP contribution in [-0.4, -0.2) is 29.3 Å². The molecule has 2 rings (SSSR count). The van der Waals surface area contributed by atoms with Crippen molar-refractivity contribution in [3.05, 3.63) is 29.8 Å². The highest BCUT2D eigenvalue weighted by molar-refractivity contribution is 5.92. The highest BCUT2D eigenvalue weighted by atomic mass is 16.6. The van der Waals surface area contributed by atoms with E-state index in [1.165, 1.54) is 4.90 Å². The van der Waals surface area contributed by atoms with Crippen molar-refractivity contribution in [2.45, 2.75) is 45.1 Å². The van der Waals surface area contributed by atoms with E-state index in [9.17, 15) is 9.59 Å². The average Bonchev–Trinajstić information content (AvgIpc) is 2.61. The number of anilines is 1.